The summed E-state index contributed by atoms with van der Waals surface area (Å²) in [6, 6.07) is 4.95. The van der Waals surface area contributed by atoms with Crippen LogP contribution in [0.2, 0.25) is 0 Å². The van der Waals surface area contributed by atoms with Crippen molar-refractivity contribution in [2.45, 2.75) is 19.0 Å². The molecule has 0 fully saturated rings. The summed E-state index contributed by atoms with van der Waals surface area (Å²) in [5.41, 5.74) is 0.128. The summed E-state index contributed by atoms with van der Waals surface area (Å²) in [4.78, 5) is 11.0. The average Bonchev–Trinajstić information content (AvgIpc) is 2.34. The third kappa shape index (κ3) is 4.05. The van der Waals surface area contributed by atoms with Crippen LogP contribution < -0.4 is 0 Å². The van der Waals surface area contributed by atoms with Gasteiger partial charge in [-0.3, -0.25) is 0 Å². The van der Waals surface area contributed by atoms with Crippen LogP contribution in [0.4, 0.5) is 8.78 Å². The van der Waals surface area contributed by atoms with Crippen molar-refractivity contribution in [3.63, 3.8) is 0 Å². The molecule has 1 aromatic carbocycles. The SMILES string of the molecule is O=C(O)C(OCCCO)c1ccc(C(F)F)cc1. The molecule has 1 aromatic rings. The Bertz CT molecular complexity index is 378. The highest BCUT2D eigenvalue weighted by Crippen LogP contribution is 2.23. The maximum atomic E-state index is 12.3. The van der Waals surface area contributed by atoms with Gasteiger partial charge in [0.25, 0.3) is 6.43 Å². The van der Waals surface area contributed by atoms with Gasteiger partial charge in [-0.15, -0.1) is 0 Å². The van der Waals surface area contributed by atoms with Crippen molar-refractivity contribution >= 4 is 5.97 Å². The van der Waals surface area contributed by atoms with Crippen molar-refractivity contribution in [3.05, 3.63) is 35.4 Å². The van der Waals surface area contributed by atoms with Crippen LogP contribution >= 0.6 is 0 Å². The lowest BCUT2D eigenvalue weighted by Gasteiger charge is -2.14. The van der Waals surface area contributed by atoms with E-state index in [2.05, 4.69) is 0 Å². The van der Waals surface area contributed by atoms with Crippen LogP contribution in [0.5, 0.6) is 0 Å². The largest absolute Gasteiger partial charge is 0.479 e. The quantitative estimate of drug-likeness (QED) is 0.737. The molecule has 0 spiro atoms. The van der Waals surface area contributed by atoms with Gasteiger partial charge in [-0.25, -0.2) is 13.6 Å². The van der Waals surface area contributed by atoms with Crippen LogP contribution in [-0.4, -0.2) is 29.4 Å². The standard InChI is InChI=1S/C12H14F2O4/c13-11(14)9-4-2-8(3-5-9)10(12(16)17)18-7-1-6-15/h2-5,10-11,15H,1,6-7H2,(H,16,17). The molecule has 6 heteroatoms. The zero-order chi connectivity index (χ0) is 13.5. The van der Waals surface area contributed by atoms with E-state index in [-0.39, 0.29) is 18.8 Å². The van der Waals surface area contributed by atoms with E-state index in [1.54, 1.807) is 0 Å². The van der Waals surface area contributed by atoms with E-state index >= 15 is 0 Å². The Morgan fingerprint density at radius 2 is 1.78 bits per heavy atom. The van der Waals surface area contributed by atoms with Crippen LogP contribution in [0, 0.1) is 0 Å². The van der Waals surface area contributed by atoms with Gasteiger partial charge in [0.15, 0.2) is 6.10 Å². The van der Waals surface area contributed by atoms with E-state index in [0.29, 0.717) is 12.0 Å². The van der Waals surface area contributed by atoms with Gasteiger partial charge in [-0.2, -0.15) is 0 Å². The van der Waals surface area contributed by atoms with Gasteiger partial charge in [-0.1, -0.05) is 24.3 Å². The third-order valence-corrected chi connectivity index (χ3v) is 2.30. The highest BCUT2D eigenvalue weighted by Gasteiger charge is 2.20. The molecule has 1 unspecified atom stereocenters. The zero-order valence-corrected chi connectivity index (χ0v) is 9.55. The normalized spacial score (nSPS) is 12.7. The summed E-state index contributed by atoms with van der Waals surface area (Å²) < 4.78 is 29.7. The number of halogens is 2. The number of alkyl halides is 2. The van der Waals surface area contributed by atoms with Gasteiger partial charge in [0.1, 0.15) is 0 Å². The fourth-order valence-corrected chi connectivity index (χ4v) is 1.39. The highest BCUT2D eigenvalue weighted by molar-refractivity contribution is 5.74. The lowest BCUT2D eigenvalue weighted by Crippen LogP contribution is -2.16. The Balaban J connectivity index is 2.76. The molecule has 0 saturated carbocycles. The number of aliphatic hydroxyl groups is 1. The number of carboxylic acid groups (broad SMARTS) is 1. The minimum absolute atomic E-state index is 0.0874. The predicted octanol–water partition coefficient (Wildman–Crippen LogP) is 2.15. The zero-order valence-electron chi connectivity index (χ0n) is 9.55. The van der Waals surface area contributed by atoms with Crippen LogP contribution in [0.1, 0.15) is 30.1 Å². The van der Waals surface area contributed by atoms with Crippen molar-refractivity contribution in [1.82, 2.24) is 0 Å². The molecular weight excluding hydrogens is 246 g/mol. The van der Waals surface area contributed by atoms with Crippen molar-refractivity contribution in [3.8, 4) is 0 Å². The lowest BCUT2D eigenvalue weighted by atomic mass is 10.1. The monoisotopic (exact) mass is 260 g/mol. The summed E-state index contributed by atoms with van der Waals surface area (Å²) in [5.74, 6) is -1.20. The van der Waals surface area contributed by atoms with Crippen molar-refractivity contribution in [1.29, 1.82) is 0 Å². The van der Waals surface area contributed by atoms with Gasteiger partial charge in [-0.05, 0) is 12.0 Å². The van der Waals surface area contributed by atoms with Crippen molar-refractivity contribution in [2.24, 2.45) is 0 Å². The van der Waals surface area contributed by atoms with E-state index < -0.39 is 18.5 Å². The maximum absolute atomic E-state index is 12.3. The molecule has 4 nitrogen and oxygen atoms in total. The second-order valence-corrected chi connectivity index (χ2v) is 3.63. The first kappa shape index (κ1) is 14.5. The third-order valence-electron chi connectivity index (χ3n) is 2.30. The highest BCUT2D eigenvalue weighted by atomic mass is 19.3. The number of aliphatic carboxylic acids is 1. The lowest BCUT2D eigenvalue weighted by molar-refractivity contribution is -0.151. The number of hydrogen-bond donors (Lipinski definition) is 2. The molecule has 100 valence electrons. The molecule has 0 heterocycles. The molecule has 0 amide bonds. The van der Waals surface area contributed by atoms with Crippen LogP contribution in [-0.2, 0) is 9.53 Å². The Morgan fingerprint density at radius 1 is 1.22 bits per heavy atom. The number of carboxylic acids is 1. The molecule has 0 bridgehead atoms. The summed E-state index contributed by atoms with van der Waals surface area (Å²) in [6.07, 6.45) is -3.47. The van der Waals surface area contributed by atoms with Gasteiger partial charge < -0.3 is 14.9 Å². The minimum Gasteiger partial charge on any atom is -0.479 e. The van der Waals surface area contributed by atoms with E-state index in [4.69, 9.17) is 14.9 Å². The molecule has 0 saturated heterocycles. The van der Waals surface area contributed by atoms with Crippen molar-refractivity contribution in [2.75, 3.05) is 13.2 Å². The number of ether oxygens (including phenoxy) is 1. The van der Waals surface area contributed by atoms with Gasteiger partial charge >= 0.3 is 5.97 Å². The number of aliphatic hydroxyl groups excluding tert-OH is 1. The number of carbonyl (C=O) groups is 1. The molecule has 2 N–H and O–H groups in total. The molecule has 1 atom stereocenters. The number of benzene rings is 1. The second kappa shape index (κ2) is 7.03. The van der Waals surface area contributed by atoms with Crippen molar-refractivity contribution < 1.29 is 28.5 Å². The van der Waals surface area contributed by atoms with Gasteiger partial charge in [0, 0.05) is 12.2 Å². The smallest absolute Gasteiger partial charge is 0.337 e. The average molecular weight is 260 g/mol. The fraction of sp³-hybridized carbons (Fsp3) is 0.417. The fourth-order valence-electron chi connectivity index (χ4n) is 1.39. The Labute approximate surface area is 103 Å². The van der Waals surface area contributed by atoms with Crippen LogP contribution in [0.3, 0.4) is 0 Å². The summed E-state index contributed by atoms with van der Waals surface area (Å²) in [6.45, 7) is -0.0132. The summed E-state index contributed by atoms with van der Waals surface area (Å²) >= 11 is 0. The number of hydrogen-bond acceptors (Lipinski definition) is 3. The molecule has 18 heavy (non-hydrogen) atoms. The Morgan fingerprint density at radius 3 is 2.22 bits per heavy atom. The minimum atomic E-state index is -2.59. The first-order chi connectivity index (χ1) is 8.56. The van der Waals surface area contributed by atoms with E-state index in [0.717, 1.165) is 0 Å². The topological polar surface area (TPSA) is 66.8 Å². The second-order valence-electron chi connectivity index (χ2n) is 3.63. The van der Waals surface area contributed by atoms with Crippen LogP contribution in [0.15, 0.2) is 24.3 Å². The predicted molar refractivity (Wildman–Crippen MR) is 59.4 cm³/mol. The maximum Gasteiger partial charge on any atom is 0.337 e. The van der Waals surface area contributed by atoms with E-state index in [1.165, 1.54) is 24.3 Å². The first-order valence-electron chi connectivity index (χ1n) is 5.39. The molecular formula is C12H14F2O4. The molecule has 0 aliphatic heterocycles. The molecule has 0 aliphatic carbocycles. The Kier molecular flexibility index (Phi) is 5.67. The van der Waals surface area contributed by atoms with Gasteiger partial charge in [0.2, 0.25) is 0 Å². The Hall–Kier alpha value is -1.53. The molecule has 0 aliphatic rings. The number of rotatable bonds is 7. The van der Waals surface area contributed by atoms with E-state index in [9.17, 15) is 13.6 Å². The van der Waals surface area contributed by atoms with Gasteiger partial charge in [0.05, 0.1) is 6.61 Å². The molecule has 0 aromatic heterocycles. The first-order valence-corrected chi connectivity index (χ1v) is 5.39. The summed E-state index contributed by atoms with van der Waals surface area (Å²) in [5, 5.41) is 17.5. The van der Waals surface area contributed by atoms with Crippen LogP contribution in [0.25, 0.3) is 0 Å². The summed E-state index contributed by atoms with van der Waals surface area (Å²) in [7, 11) is 0. The molecule has 0 radical (unpaired) electrons. The molecule has 1 rings (SSSR count). The van der Waals surface area contributed by atoms with E-state index in [1.807, 2.05) is 0 Å².